The zero-order chi connectivity index (χ0) is 17.0. The van der Waals surface area contributed by atoms with Crippen LogP contribution in [0.4, 0.5) is 0 Å². The molecule has 1 saturated heterocycles. The first-order valence-corrected chi connectivity index (χ1v) is 8.62. The van der Waals surface area contributed by atoms with Crippen molar-refractivity contribution in [1.82, 2.24) is 24.6 Å². The van der Waals surface area contributed by atoms with Gasteiger partial charge in [-0.1, -0.05) is 17.7 Å². The fourth-order valence-corrected chi connectivity index (χ4v) is 3.95. The van der Waals surface area contributed by atoms with Crippen molar-refractivity contribution in [1.29, 1.82) is 0 Å². The monoisotopic (exact) mass is 353 g/mol. The van der Waals surface area contributed by atoms with Crippen molar-refractivity contribution in [3.8, 4) is 16.9 Å². The van der Waals surface area contributed by atoms with E-state index in [9.17, 15) is 0 Å². The van der Waals surface area contributed by atoms with Gasteiger partial charge in [-0.15, -0.1) is 10.2 Å². The van der Waals surface area contributed by atoms with Crippen molar-refractivity contribution in [3.05, 3.63) is 59.3 Å². The Morgan fingerprint density at radius 3 is 3.00 bits per heavy atom. The average molecular weight is 354 g/mol. The fraction of sp³-hybridized carbons (Fsp3) is 0.278. The van der Waals surface area contributed by atoms with Gasteiger partial charge in [-0.3, -0.25) is 14.5 Å². The minimum absolute atomic E-state index is 0.178. The molecule has 0 amide bonds. The zero-order valence-corrected chi connectivity index (χ0v) is 14.4. The summed E-state index contributed by atoms with van der Waals surface area (Å²) in [5.74, 6) is 0.899. The predicted molar refractivity (Wildman–Crippen MR) is 93.3 cm³/mol. The van der Waals surface area contributed by atoms with E-state index in [0.29, 0.717) is 18.2 Å². The average Bonchev–Trinajstić information content (AvgIpc) is 3.20. The van der Waals surface area contributed by atoms with Crippen LogP contribution in [0.15, 0.2) is 42.9 Å². The number of benzene rings is 1. The molecule has 0 bridgehead atoms. The lowest BCUT2D eigenvalue weighted by atomic mass is 9.99. The zero-order valence-electron chi connectivity index (χ0n) is 13.6. The van der Waals surface area contributed by atoms with Crippen LogP contribution in [0.5, 0.6) is 0 Å². The first kappa shape index (κ1) is 15.0. The van der Waals surface area contributed by atoms with Crippen molar-refractivity contribution < 1.29 is 4.74 Å². The van der Waals surface area contributed by atoms with Gasteiger partial charge in [-0.2, -0.15) is 0 Å². The third-order valence-electron chi connectivity index (χ3n) is 4.90. The highest BCUT2D eigenvalue weighted by Gasteiger charge is 2.40. The maximum absolute atomic E-state index is 6.62. The molecule has 6 nitrogen and oxygen atoms in total. The largest absolute Gasteiger partial charge is 0.357 e. The Balaban J connectivity index is 1.84. The van der Waals surface area contributed by atoms with Crippen LogP contribution in [0, 0.1) is 0 Å². The molecule has 2 aliphatic heterocycles. The van der Waals surface area contributed by atoms with Crippen LogP contribution >= 0.6 is 11.6 Å². The third kappa shape index (κ3) is 2.22. The van der Waals surface area contributed by atoms with Crippen LogP contribution in [-0.2, 0) is 11.3 Å². The van der Waals surface area contributed by atoms with Crippen LogP contribution < -0.4 is 0 Å². The van der Waals surface area contributed by atoms with E-state index in [4.69, 9.17) is 16.3 Å². The molecule has 4 heterocycles. The summed E-state index contributed by atoms with van der Waals surface area (Å²) in [5.41, 5.74) is 3.76. The van der Waals surface area contributed by atoms with Gasteiger partial charge in [0.25, 0.3) is 0 Å². The molecular formula is C18H16ClN5O. The van der Waals surface area contributed by atoms with E-state index in [1.165, 1.54) is 0 Å². The lowest BCUT2D eigenvalue weighted by Gasteiger charge is -2.26. The highest BCUT2D eigenvalue weighted by Crippen LogP contribution is 2.45. The number of halogens is 1. The summed E-state index contributed by atoms with van der Waals surface area (Å²) < 4.78 is 8.19. The Hall–Kier alpha value is -2.28. The molecule has 2 aromatic heterocycles. The summed E-state index contributed by atoms with van der Waals surface area (Å²) in [6.45, 7) is 3.52. The Kier molecular flexibility index (Phi) is 3.38. The number of nitrogens with zero attached hydrogens (tertiary/aromatic N) is 5. The molecule has 25 heavy (non-hydrogen) atoms. The maximum Gasteiger partial charge on any atom is 0.151 e. The second kappa shape index (κ2) is 5.62. The number of hydrogen-bond acceptors (Lipinski definition) is 5. The predicted octanol–water partition coefficient (Wildman–Crippen LogP) is 3.22. The minimum atomic E-state index is -0.178. The minimum Gasteiger partial charge on any atom is -0.357 e. The molecule has 2 atom stereocenters. The van der Waals surface area contributed by atoms with E-state index in [1.54, 1.807) is 12.5 Å². The molecule has 7 heteroatoms. The van der Waals surface area contributed by atoms with Gasteiger partial charge in [0.15, 0.2) is 5.82 Å². The van der Waals surface area contributed by atoms with Crippen molar-refractivity contribution in [3.63, 3.8) is 0 Å². The van der Waals surface area contributed by atoms with Crippen molar-refractivity contribution in [2.75, 3.05) is 6.61 Å². The SMILES string of the molecule is CC1COC2c3c(ccc(Cl)c3-c3ccccn3)-n3cnnc3CN12. The van der Waals surface area contributed by atoms with Crippen LogP contribution in [0.1, 0.15) is 24.5 Å². The Bertz CT molecular complexity index is 942. The standard InChI is InChI=1S/C18H16ClN5O/c1-11-9-25-18-17-14(24-10-21-22-15(24)8-23(11)18)6-5-12(19)16(17)13-4-2-3-7-20-13/h2-7,10-11,18H,8-9H2,1H3. The molecule has 5 rings (SSSR count). The van der Waals surface area contributed by atoms with Crippen molar-refractivity contribution >= 4 is 11.6 Å². The number of aromatic nitrogens is 4. The quantitative estimate of drug-likeness (QED) is 0.672. The summed E-state index contributed by atoms with van der Waals surface area (Å²) in [5, 5.41) is 9.07. The molecule has 2 aliphatic rings. The normalized spacial score (nSPS) is 22.2. The lowest BCUT2D eigenvalue weighted by molar-refractivity contribution is 0.0268. The molecular weight excluding hydrogens is 338 g/mol. The number of fused-ring (bicyclic) bond motifs is 5. The van der Waals surface area contributed by atoms with Gasteiger partial charge < -0.3 is 4.74 Å². The number of hydrogen-bond donors (Lipinski definition) is 0. The van der Waals surface area contributed by atoms with Gasteiger partial charge in [0, 0.05) is 23.4 Å². The number of pyridine rings is 1. The first-order valence-electron chi connectivity index (χ1n) is 8.24. The van der Waals surface area contributed by atoms with Gasteiger partial charge in [-0.05, 0) is 31.2 Å². The Morgan fingerprint density at radius 2 is 2.16 bits per heavy atom. The van der Waals surface area contributed by atoms with E-state index < -0.39 is 0 Å². The Labute approximate surface area is 150 Å². The number of rotatable bonds is 1. The summed E-state index contributed by atoms with van der Waals surface area (Å²) >= 11 is 6.62. The second-order valence-electron chi connectivity index (χ2n) is 6.39. The van der Waals surface area contributed by atoms with E-state index in [1.807, 2.05) is 34.9 Å². The van der Waals surface area contributed by atoms with Crippen molar-refractivity contribution in [2.45, 2.75) is 25.7 Å². The molecule has 1 aromatic carbocycles. The molecule has 0 radical (unpaired) electrons. The lowest BCUT2D eigenvalue weighted by Crippen LogP contribution is -2.30. The topological polar surface area (TPSA) is 56.1 Å². The van der Waals surface area contributed by atoms with Gasteiger partial charge >= 0.3 is 0 Å². The summed E-state index contributed by atoms with van der Waals surface area (Å²) in [6.07, 6.45) is 3.35. The number of ether oxygens (including phenoxy) is 1. The summed E-state index contributed by atoms with van der Waals surface area (Å²) in [7, 11) is 0. The molecule has 2 unspecified atom stereocenters. The van der Waals surface area contributed by atoms with Crippen LogP contribution in [0.3, 0.4) is 0 Å². The maximum atomic E-state index is 6.62. The Morgan fingerprint density at radius 1 is 1.24 bits per heavy atom. The van der Waals surface area contributed by atoms with Crippen LogP contribution in [0.25, 0.3) is 16.9 Å². The van der Waals surface area contributed by atoms with E-state index in [0.717, 1.165) is 28.3 Å². The summed E-state index contributed by atoms with van der Waals surface area (Å²) in [6, 6.07) is 10.0. The van der Waals surface area contributed by atoms with Gasteiger partial charge in [-0.25, -0.2) is 0 Å². The van der Waals surface area contributed by atoms with Gasteiger partial charge in [0.05, 0.1) is 29.6 Å². The molecule has 3 aromatic rings. The summed E-state index contributed by atoms with van der Waals surface area (Å²) in [4.78, 5) is 6.83. The molecule has 0 aliphatic carbocycles. The van der Waals surface area contributed by atoms with Crippen LogP contribution in [-0.4, -0.2) is 37.3 Å². The van der Waals surface area contributed by atoms with Crippen molar-refractivity contribution in [2.24, 2.45) is 0 Å². The molecule has 1 fully saturated rings. The molecule has 0 saturated carbocycles. The third-order valence-corrected chi connectivity index (χ3v) is 5.22. The van der Waals surface area contributed by atoms with Gasteiger partial charge in [0.1, 0.15) is 12.6 Å². The van der Waals surface area contributed by atoms with E-state index >= 15 is 0 Å². The molecule has 0 N–H and O–H groups in total. The first-order chi connectivity index (χ1) is 12.2. The van der Waals surface area contributed by atoms with E-state index in [-0.39, 0.29) is 12.3 Å². The second-order valence-corrected chi connectivity index (χ2v) is 6.80. The highest BCUT2D eigenvalue weighted by molar-refractivity contribution is 6.33. The highest BCUT2D eigenvalue weighted by atomic mass is 35.5. The smallest absolute Gasteiger partial charge is 0.151 e. The van der Waals surface area contributed by atoms with E-state index in [2.05, 4.69) is 27.0 Å². The van der Waals surface area contributed by atoms with Gasteiger partial charge in [0.2, 0.25) is 0 Å². The molecule has 0 spiro atoms. The molecule has 126 valence electrons. The fourth-order valence-electron chi connectivity index (χ4n) is 3.69. The van der Waals surface area contributed by atoms with Crippen LogP contribution in [0.2, 0.25) is 5.02 Å².